The smallest absolute Gasteiger partial charge is 0.131 e. The molecule has 3 heteroatoms. The van der Waals surface area contributed by atoms with Gasteiger partial charge in [-0.15, -0.1) is 0 Å². The highest BCUT2D eigenvalue weighted by atomic mass is 19.1. The number of anilines is 1. The molecule has 1 aromatic carbocycles. The van der Waals surface area contributed by atoms with E-state index in [4.69, 9.17) is 5.73 Å². The van der Waals surface area contributed by atoms with E-state index in [2.05, 4.69) is 4.98 Å². The highest BCUT2D eigenvalue weighted by molar-refractivity contribution is 5.90. The second-order valence-electron chi connectivity index (χ2n) is 2.53. The lowest BCUT2D eigenvalue weighted by Crippen LogP contribution is -1.91. The van der Waals surface area contributed by atoms with Gasteiger partial charge >= 0.3 is 0 Å². The second kappa shape index (κ2) is 2.44. The number of hydrogen-bond acceptors (Lipinski definition) is 2. The lowest BCUT2D eigenvalue weighted by molar-refractivity contribution is 0.640. The van der Waals surface area contributed by atoms with E-state index in [-0.39, 0.29) is 5.82 Å². The van der Waals surface area contributed by atoms with Crippen LogP contribution in [0.15, 0.2) is 30.5 Å². The van der Waals surface area contributed by atoms with E-state index in [1.54, 1.807) is 18.2 Å². The Kier molecular flexibility index (Phi) is 1.43. The summed E-state index contributed by atoms with van der Waals surface area (Å²) in [6, 6.07) is 6.39. The van der Waals surface area contributed by atoms with Crippen LogP contribution in [0, 0.1) is 5.82 Å². The van der Waals surface area contributed by atoms with Crippen LogP contribution in [0.3, 0.4) is 0 Å². The van der Waals surface area contributed by atoms with E-state index in [0.29, 0.717) is 16.6 Å². The number of benzene rings is 1. The molecule has 0 spiro atoms. The zero-order valence-corrected chi connectivity index (χ0v) is 6.29. The third kappa shape index (κ3) is 0.906. The Labute approximate surface area is 68.8 Å². The number of aromatic nitrogens is 1. The van der Waals surface area contributed by atoms with Crippen LogP contribution >= 0.6 is 0 Å². The molecule has 2 rings (SSSR count). The maximum absolute atomic E-state index is 13.1. The van der Waals surface area contributed by atoms with Gasteiger partial charge in [0.15, 0.2) is 0 Å². The normalized spacial score (nSPS) is 10.4. The van der Waals surface area contributed by atoms with Gasteiger partial charge in [-0.25, -0.2) is 9.37 Å². The first-order valence-corrected chi connectivity index (χ1v) is 3.58. The molecule has 0 aliphatic carbocycles. The number of nitrogen functional groups attached to an aromatic ring is 1. The minimum Gasteiger partial charge on any atom is -0.383 e. The monoisotopic (exact) mass is 162 g/mol. The Morgan fingerprint density at radius 2 is 2.00 bits per heavy atom. The third-order valence-electron chi connectivity index (χ3n) is 1.78. The fourth-order valence-corrected chi connectivity index (χ4v) is 1.19. The molecule has 60 valence electrons. The summed E-state index contributed by atoms with van der Waals surface area (Å²) in [5.41, 5.74) is 5.55. The number of rotatable bonds is 0. The Hall–Kier alpha value is -1.64. The Morgan fingerprint density at radius 1 is 1.17 bits per heavy atom. The van der Waals surface area contributed by atoms with Crippen molar-refractivity contribution in [2.75, 3.05) is 5.73 Å². The first kappa shape index (κ1) is 7.03. The standard InChI is InChI=1S/C9H7FN2/c10-8-3-1-2-7-6(8)4-5-12-9(7)11/h1-5H,(H2,11,12). The molecule has 0 saturated carbocycles. The second-order valence-corrected chi connectivity index (χ2v) is 2.53. The van der Waals surface area contributed by atoms with Gasteiger partial charge in [-0.05, 0) is 12.1 Å². The van der Waals surface area contributed by atoms with Crippen LogP contribution in [0.2, 0.25) is 0 Å². The molecule has 0 atom stereocenters. The predicted octanol–water partition coefficient (Wildman–Crippen LogP) is 1.96. The lowest BCUT2D eigenvalue weighted by Gasteiger charge is -2.00. The molecule has 0 radical (unpaired) electrons. The highest BCUT2D eigenvalue weighted by Gasteiger charge is 2.01. The Morgan fingerprint density at radius 3 is 2.75 bits per heavy atom. The molecule has 0 saturated heterocycles. The van der Waals surface area contributed by atoms with Crippen molar-refractivity contribution >= 4 is 16.6 Å². The molecule has 0 amide bonds. The quantitative estimate of drug-likeness (QED) is 0.643. The van der Waals surface area contributed by atoms with Crippen LogP contribution < -0.4 is 5.73 Å². The van der Waals surface area contributed by atoms with E-state index >= 15 is 0 Å². The number of nitrogens with zero attached hydrogens (tertiary/aromatic N) is 1. The van der Waals surface area contributed by atoms with Crippen molar-refractivity contribution in [2.24, 2.45) is 0 Å². The van der Waals surface area contributed by atoms with E-state index in [1.807, 2.05) is 0 Å². The van der Waals surface area contributed by atoms with Crippen LogP contribution in [-0.2, 0) is 0 Å². The highest BCUT2D eigenvalue weighted by Crippen LogP contribution is 2.20. The van der Waals surface area contributed by atoms with E-state index in [0.717, 1.165) is 0 Å². The van der Waals surface area contributed by atoms with E-state index < -0.39 is 0 Å². The van der Waals surface area contributed by atoms with Gasteiger partial charge in [-0.2, -0.15) is 0 Å². The summed E-state index contributed by atoms with van der Waals surface area (Å²) in [5, 5.41) is 1.18. The van der Waals surface area contributed by atoms with Gasteiger partial charge in [-0.1, -0.05) is 12.1 Å². The molecule has 1 heterocycles. The zero-order chi connectivity index (χ0) is 8.55. The topological polar surface area (TPSA) is 38.9 Å². The molecule has 12 heavy (non-hydrogen) atoms. The van der Waals surface area contributed by atoms with Crippen molar-refractivity contribution in [1.82, 2.24) is 4.98 Å². The maximum Gasteiger partial charge on any atom is 0.131 e. The molecule has 2 N–H and O–H groups in total. The minimum atomic E-state index is -0.262. The largest absolute Gasteiger partial charge is 0.383 e. The summed E-state index contributed by atoms with van der Waals surface area (Å²) in [6.07, 6.45) is 1.50. The molecular weight excluding hydrogens is 155 g/mol. The van der Waals surface area contributed by atoms with Crippen LogP contribution in [0.1, 0.15) is 0 Å². The molecule has 0 bridgehead atoms. The molecule has 1 aromatic heterocycles. The summed E-state index contributed by atoms with van der Waals surface area (Å²) < 4.78 is 13.1. The van der Waals surface area contributed by atoms with E-state index in [1.165, 1.54) is 12.3 Å². The van der Waals surface area contributed by atoms with Crippen molar-refractivity contribution in [2.45, 2.75) is 0 Å². The van der Waals surface area contributed by atoms with Gasteiger partial charge in [0.2, 0.25) is 0 Å². The number of halogens is 1. The first-order valence-electron chi connectivity index (χ1n) is 3.58. The van der Waals surface area contributed by atoms with E-state index in [9.17, 15) is 4.39 Å². The van der Waals surface area contributed by atoms with Crippen LogP contribution in [-0.4, -0.2) is 4.98 Å². The zero-order valence-electron chi connectivity index (χ0n) is 6.29. The molecule has 0 aliphatic heterocycles. The first-order chi connectivity index (χ1) is 5.79. The number of fused-ring (bicyclic) bond motifs is 1. The molecular formula is C9H7FN2. The molecule has 0 aliphatic rings. The van der Waals surface area contributed by atoms with Gasteiger partial charge in [0.25, 0.3) is 0 Å². The SMILES string of the molecule is Nc1nccc2c(F)cccc12. The third-order valence-corrected chi connectivity index (χ3v) is 1.78. The summed E-state index contributed by atoms with van der Waals surface area (Å²) in [7, 11) is 0. The Bertz CT molecular complexity index is 385. The van der Waals surface area contributed by atoms with Gasteiger partial charge in [-0.3, -0.25) is 0 Å². The summed E-state index contributed by atoms with van der Waals surface area (Å²) in [4.78, 5) is 3.86. The maximum atomic E-state index is 13.1. The van der Waals surface area contributed by atoms with Crippen LogP contribution in [0.5, 0.6) is 0 Å². The lowest BCUT2D eigenvalue weighted by atomic mass is 10.1. The fourth-order valence-electron chi connectivity index (χ4n) is 1.19. The number of pyridine rings is 1. The molecule has 2 aromatic rings. The van der Waals surface area contributed by atoms with Crippen molar-refractivity contribution in [3.05, 3.63) is 36.3 Å². The van der Waals surface area contributed by atoms with Gasteiger partial charge < -0.3 is 5.73 Å². The van der Waals surface area contributed by atoms with Crippen molar-refractivity contribution in [3.63, 3.8) is 0 Å². The predicted molar refractivity (Wildman–Crippen MR) is 46.1 cm³/mol. The minimum absolute atomic E-state index is 0.262. The molecule has 0 unspecified atom stereocenters. The van der Waals surface area contributed by atoms with Crippen molar-refractivity contribution in [3.8, 4) is 0 Å². The number of hydrogen-bond donors (Lipinski definition) is 1. The molecule has 0 fully saturated rings. The van der Waals surface area contributed by atoms with Crippen molar-refractivity contribution < 1.29 is 4.39 Å². The summed E-state index contributed by atoms with van der Waals surface area (Å²) >= 11 is 0. The van der Waals surface area contributed by atoms with Gasteiger partial charge in [0, 0.05) is 17.0 Å². The van der Waals surface area contributed by atoms with Gasteiger partial charge in [0.1, 0.15) is 11.6 Å². The average molecular weight is 162 g/mol. The van der Waals surface area contributed by atoms with Crippen LogP contribution in [0.4, 0.5) is 10.2 Å². The molecule has 2 nitrogen and oxygen atoms in total. The Balaban J connectivity index is 2.94. The fraction of sp³-hybridized carbons (Fsp3) is 0. The van der Waals surface area contributed by atoms with Crippen molar-refractivity contribution in [1.29, 1.82) is 0 Å². The average Bonchev–Trinajstić information content (AvgIpc) is 2.07. The van der Waals surface area contributed by atoms with Crippen LogP contribution in [0.25, 0.3) is 10.8 Å². The van der Waals surface area contributed by atoms with Gasteiger partial charge in [0.05, 0.1) is 0 Å². The number of nitrogens with two attached hydrogens (primary N) is 1. The summed E-state index contributed by atoms with van der Waals surface area (Å²) in [5.74, 6) is 0.105. The summed E-state index contributed by atoms with van der Waals surface area (Å²) in [6.45, 7) is 0.